The van der Waals surface area contributed by atoms with E-state index in [1.807, 2.05) is 48.5 Å². The van der Waals surface area contributed by atoms with Gasteiger partial charge in [0.05, 0.1) is 12.1 Å². The van der Waals surface area contributed by atoms with E-state index in [4.69, 9.17) is 14.4 Å². The Balaban J connectivity index is 1.39. The predicted octanol–water partition coefficient (Wildman–Crippen LogP) is 2.98. The maximum absolute atomic E-state index is 12.5. The van der Waals surface area contributed by atoms with Crippen LogP contribution in [0.15, 0.2) is 59.3 Å². The summed E-state index contributed by atoms with van der Waals surface area (Å²) < 4.78 is 10.2. The quantitative estimate of drug-likeness (QED) is 0.482. The molecular formula is C24H23N3O6. The molecule has 1 aliphatic carbocycles. The predicted molar refractivity (Wildman–Crippen MR) is 117 cm³/mol. The number of carbonyl (C=O) groups excluding carboxylic acids is 2. The molecule has 0 fully saturated rings. The Morgan fingerprint density at radius 3 is 2.30 bits per heavy atom. The number of fused-ring (bicyclic) bond motifs is 3. The van der Waals surface area contributed by atoms with Gasteiger partial charge in [0.25, 0.3) is 0 Å². The molecule has 9 heteroatoms. The highest BCUT2D eigenvalue weighted by atomic mass is 16.5. The molecule has 170 valence electrons. The van der Waals surface area contributed by atoms with E-state index in [0.29, 0.717) is 11.3 Å². The van der Waals surface area contributed by atoms with E-state index in [9.17, 15) is 14.4 Å². The lowest BCUT2D eigenvalue weighted by Gasteiger charge is -2.18. The highest BCUT2D eigenvalue weighted by Gasteiger charge is 2.30. The molecule has 0 saturated heterocycles. The number of carboxylic acid groups (broad SMARTS) is 1. The Bertz CT molecular complexity index is 1140. The van der Waals surface area contributed by atoms with Crippen LogP contribution in [0.2, 0.25) is 0 Å². The van der Waals surface area contributed by atoms with Crippen molar-refractivity contribution in [2.45, 2.75) is 31.8 Å². The summed E-state index contributed by atoms with van der Waals surface area (Å²) in [6.07, 6.45) is -0.0567. The zero-order valence-electron chi connectivity index (χ0n) is 17.9. The topological polar surface area (TPSA) is 131 Å². The zero-order chi connectivity index (χ0) is 23.4. The molecule has 0 bridgehead atoms. The van der Waals surface area contributed by atoms with Crippen molar-refractivity contribution >= 4 is 18.0 Å². The summed E-state index contributed by atoms with van der Waals surface area (Å²) in [4.78, 5) is 36.2. The number of benzene rings is 2. The van der Waals surface area contributed by atoms with E-state index in [1.165, 1.54) is 6.26 Å². The third kappa shape index (κ3) is 4.87. The number of aryl methyl sites for hydroxylation is 1. The van der Waals surface area contributed by atoms with E-state index >= 15 is 0 Å². The SMILES string of the molecule is Cc1nocc1CNC(=O)C(CC(=O)O)NC(=O)OCC1c2ccccc2-c2ccccc21. The van der Waals surface area contributed by atoms with Crippen molar-refractivity contribution < 1.29 is 28.8 Å². The zero-order valence-corrected chi connectivity index (χ0v) is 17.9. The van der Waals surface area contributed by atoms with Crippen LogP contribution >= 0.6 is 0 Å². The fourth-order valence-corrected chi connectivity index (χ4v) is 3.95. The van der Waals surface area contributed by atoms with Gasteiger partial charge in [0.1, 0.15) is 18.9 Å². The summed E-state index contributed by atoms with van der Waals surface area (Å²) in [6, 6.07) is 14.5. The maximum Gasteiger partial charge on any atom is 0.407 e. The number of nitrogens with zero attached hydrogens (tertiary/aromatic N) is 1. The van der Waals surface area contributed by atoms with Crippen molar-refractivity contribution in [1.29, 1.82) is 0 Å². The molecule has 33 heavy (non-hydrogen) atoms. The van der Waals surface area contributed by atoms with Gasteiger partial charge < -0.3 is 25.0 Å². The third-order valence-electron chi connectivity index (χ3n) is 5.63. The van der Waals surface area contributed by atoms with E-state index in [-0.39, 0.29) is 19.1 Å². The van der Waals surface area contributed by atoms with Gasteiger partial charge >= 0.3 is 12.1 Å². The molecule has 0 radical (unpaired) electrons. The lowest BCUT2D eigenvalue weighted by Crippen LogP contribution is -2.48. The fraction of sp³-hybridized carbons (Fsp3) is 0.250. The molecule has 1 aromatic heterocycles. The number of carbonyl (C=O) groups is 3. The van der Waals surface area contributed by atoms with Gasteiger partial charge in [-0.15, -0.1) is 0 Å². The van der Waals surface area contributed by atoms with E-state index in [0.717, 1.165) is 22.3 Å². The molecule has 3 aromatic rings. The summed E-state index contributed by atoms with van der Waals surface area (Å²) >= 11 is 0. The summed E-state index contributed by atoms with van der Waals surface area (Å²) in [5.41, 5.74) is 5.54. The number of hydrogen-bond acceptors (Lipinski definition) is 6. The molecule has 4 rings (SSSR count). The second-order valence-electron chi connectivity index (χ2n) is 7.76. The first-order chi connectivity index (χ1) is 15.9. The van der Waals surface area contributed by atoms with Gasteiger partial charge in [0.15, 0.2) is 0 Å². The smallest absolute Gasteiger partial charge is 0.407 e. The van der Waals surface area contributed by atoms with Crippen molar-refractivity contribution in [3.05, 3.63) is 77.2 Å². The summed E-state index contributed by atoms with van der Waals surface area (Å²) in [5, 5.41) is 17.8. The van der Waals surface area contributed by atoms with Crippen molar-refractivity contribution in [3.63, 3.8) is 0 Å². The van der Waals surface area contributed by atoms with Crippen LogP contribution in [0.1, 0.15) is 34.7 Å². The highest BCUT2D eigenvalue weighted by Crippen LogP contribution is 2.44. The lowest BCUT2D eigenvalue weighted by molar-refractivity contribution is -0.139. The normalized spacial score (nSPS) is 13.0. The van der Waals surface area contributed by atoms with Crippen LogP contribution in [-0.4, -0.2) is 40.9 Å². The number of nitrogens with one attached hydrogen (secondary N) is 2. The summed E-state index contributed by atoms with van der Waals surface area (Å²) in [5.74, 6) is -2.02. The first-order valence-corrected chi connectivity index (χ1v) is 10.4. The minimum atomic E-state index is -1.29. The van der Waals surface area contributed by atoms with Crippen LogP contribution < -0.4 is 10.6 Å². The van der Waals surface area contributed by atoms with Crippen molar-refractivity contribution in [2.75, 3.05) is 6.61 Å². The van der Waals surface area contributed by atoms with Gasteiger partial charge in [-0.2, -0.15) is 0 Å². The molecule has 1 heterocycles. The minimum Gasteiger partial charge on any atom is -0.481 e. The van der Waals surface area contributed by atoms with Gasteiger partial charge in [-0.05, 0) is 29.2 Å². The van der Waals surface area contributed by atoms with Crippen LogP contribution in [0.25, 0.3) is 11.1 Å². The standard InChI is InChI=1S/C24H23N3O6/c1-14-15(12-33-27-14)11-25-23(30)21(10-22(28)29)26-24(31)32-13-20-18-8-4-2-6-16(18)17-7-3-5-9-19(17)20/h2-9,12,20-21H,10-11,13H2,1H3,(H,25,30)(H,26,31)(H,28,29). The Labute approximate surface area is 189 Å². The van der Waals surface area contributed by atoms with E-state index in [2.05, 4.69) is 15.8 Å². The van der Waals surface area contributed by atoms with Crippen molar-refractivity contribution in [2.24, 2.45) is 0 Å². The fourth-order valence-electron chi connectivity index (χ4n) is 3.95. The average Bonchev–Trinajstić information content (AvgIpc) is 3.36. The van der Waals surface area contributed by atoms with Gasteiger partial charge in [-0.25, -0.2) is 4.79 Å². The number of amides is 2. The Morgan fingerprint density at radius 2 is 1.73 bits per heavy atom. The van der Waals surface area contributed by atoms with Gasteiger partial charge in [0.2, 0.25) is 5.91 Å². The van der Waals surface area contributed by atoms with Crippen molar-refractivity contribution in [3.8, 4) is 11.1 Å². The van der Waals surface area contributed by atoms with Crippen molar-refractivity contribution in [1.82, 2.24) is 15.8 Å². The Hall–Kier alpha value is -4.14. The molecule has 9 nitrogen and oxygen atoms in total. The number of carboxylic acids is 1. The summed E-state index contributed by atoms with van der Waals surface area (Å²) in [7, 11) is 0. The molecule has 1 unspecified atom stereocenters. The second-order valence-corrected chi connectivity index (χ2v) is 7.76. The monoisotopic (exact) mass is 449 g/mol. The maximum atomic E-state index is 12.5. The molecule has 2 amide bonds. The Morgan fingerprint density at radius 1 is 1.09 bits per heavy atom. The number of ether oxygens (including phenoxy) is 1. The first kappa shape index (κ1) is 22.1. The summed E-state index contributed by atoms with van der Waals surface area (Å²) in [6.45, 7) is 1.87. The Kier molecular flexibility index (Phi) is 6.39. The number of aromatic nitrogens is 1. The second kappa shape index (κ2) is 9.56. The number of alkyl carbamates (subject to hydrolysis) is 1. The first-order valence-electron chi connectivity index (χ1n) is 10.4. The molecule has 3 N–H and O–H groups in total. The molecule has 1 aliphatic rings. The van der Waals surface area contributed by atoms with Crippen LogP contribution in [0.4, 0.5) is 4.79 Å². The molecular weight excluding hydrogens is 426 g/mol. The largest absolute Gasteiger partial charge is 0.481 e. The third-order valence-corrected chi connectivity index (χ3v) is 5.63. The van der Waals surface area contributed by atoms with Crippen LogP contribution in [-0.2, 0) is 20.9 Å². The molecule has 0 saturated carbocycles. The number of aliphatic carboxylic acids is 1. The van der Waals surface area contributed by atoms with E-state index in [1.54, 1.807) is 6.92 Å². The van der Waals surface area contributed by atoms with Gasteiger partial charge in [-0.3, -0.25) is 9.59 Å². The molecule has 1 atom stereocenters. The van der Waals surface area contributed by atoms with Gasteiger partial charge in [0, 0.05) is 18.0 Å². The molecule has 0 spiro atoms. The van der Waals surface area contributed by atoms with E-state index < -0.39 is 30.4 Å². The minimum absolute atomic E-state index is 0.0567. The average molecular weight is 449 g/mol. The highest BCUT2D eigenvalue weighted by molar-refractivity contribution is 5.89. The van der Waals surface area contributed by atoms with Crippen LogP contribution in [0.5, 0.6) is 0 Å². The number of hydrogen-bond donors (Lipinski definition) is 3. The van der Waals surface area contributed by atoms with Crippen LogP contribution in [0, 0.1) is 6.92 Å². The van der Waals surface area contributed by atoms with Crippen LogP contribution in [0.3, 0.4) is 0 Å². The molecule has 2 aromatic carbocycles. The lowest BCUT2D eigenvalue weighted by atomic mass is 9.98. The number of rotatable bonds is 8. The molecule has 0 aliphatic heterocycles. The van der Waals surface area contributed by atoms with Gasteiger partial charge in [-0.1, -0.05) is 53.7 Å².